The molecule has 2 atom stereocenters. The molecule has 0 heterocycles. The van der Waals surface area contributed by atoms with Gasteiger partial charge in [-0.2, -0.15) is 0 Å². The van der Waals surface area contributed by atoms with Crippen LogP contribution in [-0.2, 0) is 0 Å². The van der Waals surface area contributed by atoms with Crippen molar-refractivity contribution in [3.63, 3.8) is 0 Å². The quantitative estimate of drug-likeness (QED) is 0.407. The van der Waals surface area contributed by atoms with Gasteiger partial charge in [0.25, 0.3) is 0 Å². The van der Waals surface area contributed by atoms with Gasteiger partial charge in [-0.3, -0.25) is 0 Å². The fourth-order valence-electron chi connectivity index (χ4n) is 0.277. The minimum absolute atomic E-state index is 0.384. The molecule has 0 aliphatic heterocycles. The second kappa shape index (κ2) is 0.703. The molecular weight excluding hydrogens is 67.0 g/mol. The van der Waals surface area contributed by atoms with Gasteiger partial charge >= 0.3 is 0 Å². The smallest absolute Gasteiger partial charge is 0.103 e. The van der Waals surface area contributed by atoms with E-state index in [4.69, 9.17) is 0 Å². The van der Waals surface area contributed by atoms with Crippen LogP contribution in [0.25, 0.3) is 0 Å². The second-order valence-electron chi connectivity index (χ2n) is 1.73. The van der Waals surface area contributed by atoms with E-state index in [0.717, 1.165) is 6.42 Å². The molecule has 0 radical (unpaired) electrons. The van der Waals surface area contributed by atoms with Crippen molar-refractivity contribution in [1.29, 1.82) is 0 Å². The summed E-state index contributed by atoms with van der Waals surface area (Å²) in [6.45, 7) is 1.92. The maximum atomic E-state index is 11.5. The van der Waals surface area contributed by atoms with E-state index < -0.39 is 6.17 Å². The van der Waals surface area contributed by atoms with Crippen LogP contribution >= 0.6 is 0 Å². The van der Waals surface area contributed by atoms with Crippen LogP contribution < -0.4 is 0 Å². The third kappa shape index (κ3) is 0.416. The lowest BCUT2D eigenvalue weighted by Gasteiger charge is -1.63. The number of rotatable bonds is 0. The van der Waals surface area contributed by atoms with Crippen LogP contribution in [0.15, 0.2) is 0 Å². The van der Waals surface area contributed by atoms with Crippen LogP contribution in [0.5, 0.6) is 0 Å². The molecule has 0 saturated heterocycles. The average molecular weight is 74.1 g/mol. The summed E-state index contributed by atoms with van der Waals surface area (Å²) in [7, 11) is 0. The van der Waals surface area contributed by atoms with E-state index in [1.165, 1.54) is 0 Å². The van der Waals surface area contributed by atoms with Crippen molar-refractivity contribution in [1.82, 2.24) is 0 Å². The van der Waals surface area contributed by atoms with Crippen molar-refractivity contribution in [2.24, 2.45) is 5.92 Å². The normalized spacial score (nSPS) is 49.2. The topological polar surface area (TPSA) is 0 Å². The maximum Gasteiger partial charge on any atom is 0.103 e. The number of alkyl halides is 1. The molecule has 30 valence electrons. The Morgan fingerprint density at radius 2 is 2.00 bits per heavy atom. The Bertz CT molecular complexity index is 36.9. The molecule has 0 aromatic rings. The van der Waals surface area contributed by atoms with Crippen LogP contribution in [0, 0.1) is 5.92 Å². The zero-order valence-electron chi connectivity index (χ0n) is 3.24. The van der Waals surface area contributed by atoms with Crippen molar-refractivity contribution >= 4 is 0 Å². The van der Waals surface area contributed by atoms with Gasteiger partial charge in [-0.05, 0) is 12.3 Å². The molecule has 0 N–H and O–H groups in total. The zero-order chi connectivity index (χ0) is 3.86. The second-order valence-corrected chi connectivity index (χ2v) is 1.73. The SMILES string of the molecule is CC1C[C@@H]1F. The lowest BCUT2D eigenvalue weighted by molar-refractivity contribution is 0.454. The lowest BCUT2D eigenvalue weighted by atomic mass is 10.5. The first-order chi connectivity index (χ1) is 2.30. The summed E-state index contributed by atoms with van der Waals surface area (Å²) < 4.78 is 11.5. The molecular formula is C4H7F. The first kappa shape index (κ1) is 3.13. The molecule has 1 aliphatic rings. The molecule has 0 amide bonds. The van der Waals surface area contributed by atoms with Crippen molar-refractivity contribution in [3.05, 3.63) is 0 Å². The lowest BCUT2D eigenvalue weighted by Crippen LogP contribution is -1.63. The molecule has 1 unspecified atom stereocenters. The highest BCUT2D eigenvalue weighted by atomic mass is 19.1. The van der Waals surface area contributed by atoms with Gasteiger partial charge in [0.15, 0.2) is 0 Å². The van der Waals surface area contributed by atoms with Crippen LogP contribution in [-0.4, -0.2) is 6.17 Å². The highest BCUT2D eigenvalue weighted by molar-refractivity contribution is 4.81. The van der Waals surface area contributed by atoms with Gasteiger partial charge in [-0.15, -0.1) is 0 Å². The van der Waals surface area contributed by atoms with E-state index in [9.17, 15) is 4.39 Å². The first-order valence-corrected chi connectivity index (χ1v) is 1.95. The molecule has 0 aromatic carbocycles. The largest absolute Gasteiger partial charge is 0.247 e. The predicted octanol–water partition coefficient (Wildman–Crippen LogP) is 1.36. The Hall–Kier alpha value is -0.0700. The minimum Gasteiger partial charge on any atom is -0.247 e. The van der Waals surface area contributed by atoms with Gasteiger partial charge in [0.2, 0.25) is 0 Å². The van der Waals surface area contributed by atoms with Gasteiger partial charge in [-0.25, -0.2) is 4.39 Å². The maximum absolute atomic E-state index is 11.5. The summed E-state index contributed by atoms with van der Waals surface area (Å²) in [5.74, 6) is 0.384. The highest BCUT2D eigenvalue weighted by Gasteiger charge is 2.31. The Morgan fingerprint density at radius 3 is 2.00 bits per heavy atom. The van der Waals surface area contributed by atoms with Crippen molar-refractivity contribution in [2.75, 3.05) is 0 Å². The average Bonchev–Trinajstić information content (AvgIpc) is 1.79. The zero-order valence-corrected chi connectivity index (χ0v) is 3.24. The molecule has 0 aromatic heterocycles. The van der Waals surface area contributed by atoms with Gasteiger partial charge < -0.3 is 0 Å². The molecule has 1 saturated carbocycles. The highest BCUT2D eigenvalue weighted by Crippen LogP contribution is 2.32. The Labute approximate surface area is 31.0 Å². The first-order valence-electron chi connectivity index (χ1n) is 1.95. The van der Waals surface area contributed by atoms with E-state index in [1.807, 2.05) is 6.92 Å². The summed E-state index contributed by atoms with van der Waals surface area (Å²) in [6.07, 6.45) is 0.356. The van der Waals surface area contributed by atoms with Gasteiger partial charge in [-0.1, -0.05) is 6.92 Å². The van der Waals surface area contributed by atoms with Crippen molar-refractivity contribution < 1.29 is 4.39 Å². The standard InChI is InChI=1S/C4H7F/c1-3-2-4(3)5/h3-4H,2H2,1H3/t3?,4-/m0/s1. The van der Waals surface area contributed by atoms with E-state index >= 15 is 0 Å². The Morgan fingerprint density at radius 1 is 1.80 bits per heavy atom. The van der Waals surface area contributed by atoms with Gasteiger partial charge in [0.1, 0.15) is 6.17 Å². The van der Waals surface area contributed by atoms with Gasteiger partial charge in [0, 0.05) is 0 Å². The van der Waals surface area contributed by atoms with Crippen molar-refractivity contribution in [3.8, 4) is 0 Å². The fourth-order valence-corrected chi connectivity index (χ4v) is 0.277. The molecule has 5 heavy (non-hydrogen) atoms. The summed E-state index contributed by atoms with van der Waals surface area (Å²) in [6, 6.07) is 0. The molecule has 1 aliphatic carbocycles. The summed E-state index contributed by atoms with van der Waals surface area (Å²) in [5, 5.41) is 0. The molecule has 0 spiro atoms. The monoisotopic (exact) mass is 74.1 g/mol. The van der Waals surface area contributed by atoms with Crippen LogP contribution in [0.4, 0.5) is 4.39 Å². The molecule has 0 bridgehead atoms. The van der Waals surface area contributed by atoms with E-state index in [0.29, 0.717) is 5.92 Å². The summed E-state index contributed by atoms with van der Waals surface area (Å²) in [5.41, 5.74) is 0. The van der Waals surface area contributed by atoms with Crippen LogP contribution in [0.1, 0.15) is 13.3 Å². The van der Waals surface area contributed by atoms with E-state index in [2.05, 4.69) is 0 Å². The third-order valence-electron chi connectivity index (χ3n) is 1.01. The Balaban J connectivity index is 2.20. The Kier molecular flexibility index (Phi) is 0.440. The van der Waals surface area contributed by atoms with Crippen LogP contribution in [0.2, 0.25) is 0 Å². The molecule has 1 rings (SSSR count). The summed E-state index contributed by atoms with van der Waals surface area (Å²) >= 11 is 0. The van der Waals surface area contributed by atoms with Gasteiger partial charge in [0.05, 0.1) is 0 Å². The fraction of sp³-hybridized carbons (Fsp3) is 1.00. The number of hydrogen-bond acceptors (Lipinski definition) is 0. The number of hydrogen-bond donors (Lipinski definition) is 0. The summed E-state index contributed by atoms with van der Waals surface area (Å²) in [4.78, 5) is 0. The molecule has 0 nitrogen and oxygen atoms in total. The van der Waals surface area contributed by atoms with E-state index in [-0.39, 0.29) is 0 Å². The van der Waals surface area contributed by atoms with E-state index in [1.54, 1.807) is 0 Å². The minimum atomic E-state index is -0.449. The predicted molar refractivity (Wildman–Crippen MR) is 18.7 cm³/mol. The molecule has 1 fully saturated rings. The third-order valence-corrected chi connectivity index (χ3v) is 1.01. The van der Waals surface area contributed by atoms with Crippen LogP contribution in [0.3, 0.4) is 0 Å². The van der Waals surface area contributed by atoms with Crippen molar-refractivity contribution in [2.45, 2.75) is 19.5 Å². The molecule has 1 heteroatoms. The number of halogens is 1.